The molecule has 0 spiro atoms. The number of piperazine rings is 1. The largest absolute Gasteiger partial charge is 0.340 e. The van der Waals surface area contributed by atoms with Gasteiger partial charge in [-0.2, -0.15) is 0 Å². The van der Waals surface area contributed by atoms with Gasteiger partial charge < -0.3 is 10.2 Å². The van der Waals surface area contributed by atoms with E-state index in [2.05, 4.69) is 38.3 Å². The summed E-state index contributed by atoms with van der Waals surface area (Å²) in [6, 6.07) is 4.26. The van der Waals surface area contributed by atoms with Gasteiger partial charge in [-0.15, -0.1) is 11.3 Å². The van der Waals surface area contributed by atoms with E-state index in [9.17, 15) is 4.79 Å². The second-order valence-corrected chi connectivity index (χ2v) is 7.81. The number of rotatable bonds is 5. The Morgan fingerprint density at radius 1 is 1.40 bits per heavy atom. The van der Waals surface area contributed by atoms with Crippen molar-refractivity contribution in [3.05, 3.63) is 20.8 Å². The predicted molar refractivity (Wildman–Crippen MR) is 87.0 cm³/mol. The van der Waals surface area contributed by atoms with Crippen LogP contribution in [0.15, 0.2) is 15.9 Å². The Balaban J connectivity index is 1.78. The van der Waals surface area contributed by atoms with Gasteiger partial charge in [0.2, 0.25) is 5.91 Å². The molecule has 1 fully saturated rings. The van der Waals surface area contributed by atoms with E-state index >= 15 is 0 Å². The van der Waals surface area contributed by atoms with E-state index in [1.165, 1.54) is 8.66 Å². The molecule has 1 atom stereocenters. The number of nitrogens with zero attached hydrogens (tertiary/aromatic N) is 2. The Kier molecular flexibility index (Phi) is 6.01. The number of carbonyl (C=O) groups is 1. The van der Waals surface area contributed by atoms with Crippen LogP contribution in [0.3, 0.4) is 0 Å². The van der Waals surface area contributed by atoms with Crippen molar-refractivity contribution >= 4 is 33.2 Å². The summed E-state index contributed by atoms with van der Waals surface area (Å²) in [5.41, 5.74) is 0. The van der Waals surface area contributed by atoms with Crippen LogP contribution >= 0.6 is 27.3 Å². The minimum atomic E-state index is 0.0693. The number of thiophene rings is 1. The van der Waals surface area contributed by atoms with Crippen LogP contribution in [0.5, 0.6) is 0 Å². The van der Waals surface area contributed by atoms with Crippen LogP contribution in [0, 0.1) is 5.92 Å². The predicted octanol–water partition coefficient (Wildman–Crippen LogP) is 2.01. The third kappa shape index (κ3) is 4.28. The topological polar surface area (TPSA) is 35.6 Å². The van der Waals surface area contributed by atoms with E-state index in [-0.39, 0.29) is 11.8 Å². The molecule has 0 radical (unpaired) electrons. The molecule has 0 saturated carbocycles. The number of halogens is 1. The van der Waals surface area contributed by atoms with Crippen molar-refractivity contribution in [1.82, 2.24) is 15.1 Å². The molecule has 4 nitrogen and oxygen atoms in total. The van der Waals surface area contributed by atoms with Crippen LogP contribution < -0.4 is 5.32 Å². The van der Waals surface area contributed by atoms with Gasteiger partial charge in [0, 0.05) is 50.1 Å². The third-order valence-corrected chi connectivity index (χ3v) is 5.23. The van der Waals surface area contributed by atoms with E-state index in [0.717, 1.165) is 39.3 Å². The van der Waals surface area contributed by atoms with Crippen molar-refractivity contribution in [2.24, 2.45) is 5.92 Å². The van der Waals surface area contributed by atoms with Gasteiger partial charge in [0.25, 0.3) is 0 Å². The Morgan fingerprint density at radius 2 is 2.10 bits per heavy atom. The summed E-state index contributed by atoms with van der Waals surface area (Å²) in [6.45, 7) is 7.36. The Hall–Kier alpha value is -0.430. The van der Waals surface area contributed by atoms with Crippen molar-refractivity contribution in [2.45, 2.75) is 13.5 Å². The molecule has 0 aliphatic carbocycles. The molecule has 1 N–H and O–H groups in total. The maximum Gasteiger partial charge on any atom is 0.226 e. The number of nitrogens with one attached hydrogen (secondary N) is 1. The van der Waals surface area contributed by atoms with E-state index in [1.807, 2.05) is 18.9 Å². The lowest BCUT2D eigenvalue weighted by molar-refractivity contribution is -0.136. The Labute approximate surface area is 133 Å². The summed E-state index contributed by atoms with van der Waals surface area (Å²) in [4.78, 5) is 18.0. The standard InChI is InChI=1S/C14H22BrN3OS/c1-11(9-16-2)14(19)18-7-5-17(6-8-18)10-12-3-4-13(15)20-12/h3-4,11,16H,5-10H2,1-2H3. The van der Waals surface area contributed by atoms with Crippen LogP contribution in [0.1, 0.15) is 11.8 Å². The molecular formula is C14H22BrN3OS. The first-order valence-corrected chi connectivity index (χ1v) is 8.61. The van der Waals surface area contributed by atoms with E-state index in [1.54, 1.807) is 11.3 Å². The maximum absolute atomic E-state index is 12.2. The molecule has 1 aliphatic heterocycles. The zero-order valence-electron chi connectivity index (χ0n) is 12.1. The molecule has 0 bridgehead atoms. The molecular weight excluding hydrogens is 338 g/mol. The van der Waals surface area contributed by atoms with Gasteiger partial charge in [-0.05, 0) is 35.1 Å². The third-order valence-electron chi connectivity index (χ3n) is 3.62. The van der Waals surface area contributed by atoms with Gasteiger partial charge in [-0.3, -0.25) is 9.69 Å². The molecule has 1 aromatic heterocycles. The smallest absolute Gasteiger partial charge is 0.226 e. The summed E-state index contributed by atoms with van der Waals surface area (Å²) in [6.07, 6.45) is 0. The van der Waals surface area contributed by atoms with Crippen LogP contribution in [0.2, 0.25) is 0 Å². The molecule has 1 aliphatic rings. The molecule has 1 amide bonds. The minimum absolute atomic E-state index is 0.0693. The summed E-state index contributed by atoms with van der Waals surface area (Å²) >= 11 is 5.28. The molecule has 112 valence electrons. The molecule has 20 heavy (non-hydrogen) atoms. The van der Waals surface area contributed by atoms with Crippen LogP contribution in [0.4, 0.5) is 0 Å². The zero-order valence-corrected chi connectivity index (χ0v) is 14.5. The van der Waals surface area contributed by atoms with Crippen molar-refractivity contribution < 1.29 is 4.79 Å². The van der Waals surface area contributed by atoms with Crippen molar-refractivity contribution in [1.29, 1.82) is 0 Å². The number of amides is 1. The molecule has 2 heterocycles. The number of carbonyl (C=O) groups excluding carboxylic acids is 1. The van der Waals surface area contributed by atoms with Gasteiger partial charge in [0.1, 0.15) is 0 Å². The fourth-order valence-corrected chi connectivity index (χ4v) is 4.01. The summed E-state index contributed by atoms with van der Waals surface area (Å²) in [5.74, 6) is 0.345. The highest BCUT2D eigenvalue weighted by Crippen LogP contribution is 2.23. The highest BCUT2D eigenvalue weighted by atomic mass is 79.9. The fraction of sp³-hybridized carbons (Fsp3) is 0.643. The first kappa shape index (κ1) is 15.9. The van der Waals surface area contributed by atoms with Crippen molar-refractivity contribution in [3.8, 4) is 0 Å². The highest BCUT2D eigenvalue weighted by Gasteiger charge is 2.24. The van der Waals surface area contributed by atoms with Gasteiger partial charge >= 0.3 is 0 Å². The lowest BCUT2D eigenvalue weighted by Crippen LogP contribution is -2.50. The fourth-order valence-electron chi connectivity index (χ4n) is 2.49. The molecule has 1 saturated heterocycles. The van der Waals surface area contributed by atoms with E-state index in [4.69, 9.17) is 0 Å². The van der Waals surface area contributed by atoms with E-state index in [0.29, 0.717) is 0 Å². The van der Waals surface area contributed by atoms with Crippen LogP contribution in [-0.2, 0) is 11.3 Å². The summed E-state index contributed by atoms with van der Waals surface area (Å²) in [7, 11) is 1.89. The average Bonchev–Trinajstić information content (AvgIpc) is 2.84. The van der Waals surface area contributed by atoms with Gasteiger partial charge in [0.05, 0.1) is 3.79 Å². The number of hydrogen-bond donors (Lipinski definition) is 1. The Bertz CT molecular complexity index is 443. The summed E-state index contributed by atoms with van der Waals surface area (Å²) < 4.78 is 1.18. The molecule has 1 aromatic rings. The van der Waals surface area contributed by atoms with Crippen LogP contribution in [0.25, 0.3) is 0 Å². The monoisotopic (exact) mass is 359 g/mol. The lowest BCUT2D eigenvalue weighted by Gasteiger charge is -2.35. The zero-order chi connectivity index (χ0) is 14.5. The molecule has 6 heteroatoms. The SMILES string of the molecule is CNCC(C)C(=O)N1CCN(Cc2ccc(Br)s2)CC1. The normalized spacial score (nSPS) is 18.2. The average molecular weight is 360 g/mol. The minimum Gasteiger partial charge on any atom is -0.340 e. The van der Waals surface area contributed by atoms with Gasteiger partial charge in [-0.25, -0.2) is 0 Å². The summed E-state index contributed by atoms with van der Waals surface area (Å²) in [5, 5.41) is 3.07. The highest BCUT2D eigenvalue weighted by molar-refractivity contribution is 9.11. The van der Waals surface area contributed by atoms with Crippen molar-refractivity contribution in [2.75, 3.05) is 39.8 Å². The van der Waals surface area contributed by atoms with E-state index < -0.39 is 0 Å². The Morgan fingerprint density at radius 3 is 2.65 bits per heavy atom. The molecule has 0 aromatic carbocycles. The maximum atomic E-state index is 12.2. The van der Waals surface area contributed by atoms with Gasteiger partial charge in [0.15, 0.2) is 0 Å². The molecule has 2 rings (SSSR count). The lowest BCUT2D eigenvalue weighted by atomic mass is 10.1. The first-order chi connectivity index (χ1) is 9.60. The quantitative estimate of drug-likeness (QED) is 0.873. The first-order valence-electron chi connectivity index (χ1n) is 7.00. The van der Waals surface area contributed by atoms with Gasteiger partial charge in [-0.1, -0.05) is 6.92 Å². The number of hydrogen-bond acceptors (Lipinski definition) is 4. The van der Waals surface area contributed by atoms with Crippen molar-refractivity contribution in [3.63, 3.8) is 0 Å². The van der Waals surface area contributed by atoms with Crippen LogP contribution in [-0.4, -0.2) is 55.5 Å². The molecule has 1 unspecified atom stereocenters. The second-order valence-electron chi connectivity index (χ2n) is 5.27. The second kappa shape index (κ2) is 7.54.